The van der Waals surface area contributed by atoms with Crippen molar-refractivity contribution in [2.24, 2.45) is 7.05 Å². The van der Waals surface area contributed by atoms with E-state index in [0.29, 0.717) is 44.8 Å². The molecule has 1 aromatic carbocycles. The zero-order chi connectivity index (χ0) is 20.3. The maximum atomic E-state index is 12.9. The number of carbonyl (C=O) groups is 1. The molecule has 28 heavy (non-hydrogen) atoms. The van der Waals surface area contributed by atoms with E-state index in [-0.39, 0.29) is 10.8 Å². The Morgan fingerprint density at radius 2 is 1.82 bits per heavy atom. The smallest absolute Gasteiger partial charge is 0.254 e. The summed E-state index contributed by atoms with van der Waals surface area (Å²) in [4.78, 5) is 21.4. The lowest BCUT2D eigenvalue weighted by atomic mass is 10.2. The van der Waals surface area contributed by atoms with E-state index in [1.165, 1.54) is 10.4 Å². The number of sulfonamides is 1. The lowest BCUT2D eigenvalue weighted by Gasteiger charge is -2.35. The molecule has 1 aliphatic heterocycles. The van der Waals surface area contributed by atoms with Crippen LogP contribution < -0.4 is 4.90 Å². The van der Waals surface area contributed by atoms with Crippen molar-refractivity contribution in [2.45, 2.75) is 18.7 Å². The van der Waals surface area contributed by atoms with E-state index in [4.69, 9.17) is 0 Å². The van der Waals surface area contributed by atoms with Gasteiger partial charge < -0.3 is 14.4 Å². The minimum absolute atomic E-state index is 0.143. The van der Waals surface area contributed by atoms with Crippen molar-refractivity contribution >= 4 is 21.9 Å². The van der Waals surface area contributed by atoms with Crippen LogP contribution in [0.4, 0.5) is 5.95 Å². The highest BCUT2D eigenvalue weighted by Crippen LogP contribution is 2.19. The normalized spacial score (nSPS) is 15.3. The topological polar surface area (TPSA) is 78.8 Å². The highest BCUT2D eigenvalue weighted by molar-refractivity contribution is 7.89. The van der Waals surface area contributed by atoms with E-state index in [0.717, 1.165) is 5.95 Å². The van der Waals surface area contributed by atoms with Gasteiger partial charge in [0.2, 0.25) is 16.0 Å². The number of rotatable bonds is 6. The lowest BCUT2D eigenvalue weighted by Crippen LogP contribution is -2.49. The molecular formula is C19H27N5O3S. The minimum atomic E-state index is -3.59. The first-order valence-corrected chi connectivity index (χ1v) is 10.9. The number of amides is 1. The third-order valence-corrected chi connectivity index (χ3v) is 7.12. The predicted molar refractivity (Wildman–Crippen MR) is 108 cm³/mol. The second-order valence-electron chi connectivity index (χ2n) is 6.73. The first kappa shape index (κ1) is 20.3. The molecule has 0 N–H and O–H groups in total. The van der Waals surface area contributed by atoms with Crippen molar-refractivity contribution in [3.63, 3.8) is 0 Å². The number of benzene rings is 1. The molecule has 152 valence electrons. The molecule has 0 unspecified atom stereocenters. The monoisotopic (exact) mass is 405 g/mol. The van der Waals surface area contributed by atoms with Crippen LogP contribution in [0.2, 0.25) is 0 Å². The predicted octanol–water partition coefficient (Wildman–Crippen LogP) is 1.41. The number of hydrogen-bond acceptors (Lipinski definition) is 5. The van der Waals surface area contributed by atoms with Crippen LogP contribution in [0.15, 0.2) is 41.6 Å². The molecule has 8 nitrogen and oxygen atoms in total. The van der Waals surface area contributed by atoms with Gasteiger partial charge in [0.25, 0.3) is 5.91 Å². The van der Waals surface area contributed by atoms with Gasteiger partial charge in [-0.05, 0) is 18.2 Å². The van der Waals surface area contributed by atoms with E-state index in [1.807, 2.05) is 17.8 Å². The number of carbonyl (C=O) groups excluding carboxylic acids is 1. The minimum Gasteiger partial charge on any atom is -0.339 e. The molecule has 1 aliphatic rings. The fraction of sp³-hybridized carbons (Fsp3) is 0.474. The number of aryl methyl sites for hydroxylation is 1. The number of imidazole rings is 1. The fourth-order valence-electron chi connectivity index (χ4n) is 3.46. The van der Waals surface area contributed by atoms with E-state index >= 15 is 0 Å². The van der Waals surface area contributed by atoms with Gasteiger partial charge in [-0.3, -0.25) is 4.79 Å². The number of piperazine rings is 1. The largest absolute Gasteiger partial charge is 0.339 e. The first-order valence-electron chi connectivity index (χ1n) is 9.50. The van der Waals surface area contributed by atoms with E-state index in [1.54, 1.807) is 43.1 Å². The van der Waals surface area contributed by atoms with Crippen molar-refractivity contribution in [3.8, 4) is 0 Å². The second kappa shape index (κ2) is 8.32. The Labute approximate surface area is 166 Å². The maximum Gasteiger partial charge on any atom is 0.254 e. The zero-order valence-electron chi connectivity index (χ0n) is 16.6. The molecule has 1 saturated heterocycles. The summed E-state index contributed by atoms with van der Waals surface area (Å²) in [6.07, 6.45) is 3.66. The Morgan fingerprint density at radius 1 is 1.14 bits per heavy atom. The third kappa shape index (κ3) is 3.90. The Balaban J connectivity index is 1.73. The molecule has 0 saturated carbocycles. The Kier molecular flexibility index (Phi) is 6.04. The van der Waals surface area contributed by atoms with E-state index in [9.17, 15) is 13.2 Å². The summed E-state index contributed by atoms with van der Waals surface area (Å²) < 4.78 is 28.8. The molecule has 1 aromatic heterocycles. The second-order valence-corrected chi connectivity index (χ2v) is 8.67. The molecule has 0 bridgehead atoms. The molecule has 1 fully saturated rings. The average Bonchev–Trinajstić information content (AvgIpc) is 3.14. The molecule has 1 amide bonds. The summed E-state index contributed by atoms with van der Waals surface area (Å²) in [6.45, 7) is 6.91. The highest BCUT2D eigenvalue weighted by atomic mass is 32.2. The van der Waals surface area contributed by atoms with Crippen molar-refractivity contribution < 1.29 is 13.2 Å². The number of hydrogen-bond donors (Lipinski definition) is 0. The van der Waals surface area contributed by atoms with Gasteiger partial charge in [0.05, 0.1) is 4.90 Å². The fourth-order valence-corrected chi connectivity index (χ4v) is 4.96. The van der Waals surface area contributed by atoms with Gasteiger partial charge in [-0.1, -0.05) is 19.9 Å². The summed E-state index contributed by atoms with van der Waals surface area (Å²) in [5, 5.41) is 0. The van der Waals surface area contributed by atoms with Crippen LogP contribution in [0.25, 0.3) is 0 Å². The van der Waals surface area contributed by atoms with Crippen molar-refractivity contribution in [2.75, 3.05) is 44.2 Å². The van der Waals surface area contributed by atoms with Crippen LogP contribution in [0.3, 0.4) is 0 Å². The van der Waals surface area contributed by atoms with Crippen LogP contribution in [-0.2, 0) is 17.1 Å². The summed E-state index contributed by atoms with van der Waals surface area (Å²) >= 11 is 0. The average molecular weight is 406 g/mol. The van der Waals surface area contributed by atoms with Gasteiger partial charge in [-0.25, -0.2) is 13.4 Å². The quantitative estimate of drug-likeness (QED) is 0.726. The molecule has 3 rings (SSSR count). The summed E-state index contributed by atoms with van der Waals surface area (Å²) in [5.41, 5.74) is 0.402. The summed E-state index contributed by atoms with van der Waals surface area (Å²) in [5.74, 6) is 0.746. The third-order valence-electron chi connectivity index (χ3n) is 5.07. The standard InChI is InChI=1S/C19H27N5O3S/c1-4-24(5-2)28(26,27)17-8-6-7-16(15-17)18(25)22-11-13-23(14-12-22)19-20-9-10-21(19)3/h6-10,15H,4-5,11-14H2,1-3H3. The molecule has 9 heteroatoms. The van der Waals surface area contributed by atoms with Crippen molar-refractivity contribution in [3.05, 3.63) is 42.2 Å². The molecule has 0 aliphatic carbocycles. The van der Waals surface area contributed by atoms with Crippen LogP contribution in [0.5, 0.6) is 0 Å². The van der Waals surface area contributed by atoms with Crippen LogP contribution in [-0.4, -0.2) is 72.3 Å². The first-order chi connectivity index (χ1) is 13.4. The molecule has 0 spiro atoms. The summed E-state index contributed by atoms with van der Waals surface area (Å²) in [6, 6.07) is 6.34. The van der Waals surface area contributed by atoms with E-state index < -0.39 is 10.0 Å². The number of aromatic nitrogens is 2. The Bertz CT molecular complexity index is 929. The maximum absolute atomic E-state index is 12.9. The molecular weight excluding hydrogens is 378 g/mol. The Morgan fingerprint density at radius 3 is 2.39 bits per heavy atom. The van der Waals surface area contributed by atoms with Crippen LogP contribution in [0, 0.1) is 0 Å². The molecule has 0 atom stereocenters. The van der Waals surface area contributed by atoms with Crippen LogP contribution in [0.1, 0.15) is 24.2 Å². The van der Waals surface area contributed by atoms with Gasteiger partial charge in [-0.2, -0.15) is 4.31 Å². The highest BCUT2D eigenvalue weighted by Gasteiger charge is 2.26. The van der Waals surface area contributed by atoms with Crippen LogP contribution >= 0.6 is 0 Å². The van der Waals surface area contributed by atoms with Gasteiger partial charge in [-0.15, -0.1) is 0 Å². The van der Waals surface area contributed by atoms with Gasteiger partial charge >= 0.3 is 0 Å². The van der Waals surface area contributed by atoms with Crippen molar-refractivity contribution in [1.29, 1.82) is 0 Å². The number of nitrogens with zero attached hydrogens (tertiary/aromatic N) is 5. The van der Waals surface area contributed by atoms with Gasteiger partial charge in [0, 0.05) is 64.3 Å². The molecule has 2 aromatic rings. The molecule has 0 radical (unpaired) electrons. The van der Waals surface area contributed by atoms with E-state index in [2.05, 4.69) is 9.88 Å². The Hall–Kier alpha value is -2.39. The summed E-state index contributed by atoms with van der Waals surface area (Å²) in [7, 11) is -1.64. The van der Waals surface area contributed by atoms with Gasteiger partial charge in [0.1, 0.15) is 0 Å². The molecule has 2 heterocycles. The lowest BCUT2D eigenvalue weighted by molar-refractivity contribution is 0.0746. The zero-order valence-corrected chi connectivity index (χ0v) is 17.4. The van der Waals surface area contributed by atoms with Crippen molar-refractivity contribution in [1.82, 2.24) is 18.8 Å². The number of anilines is 1. The van der Waals surface area contributed by atoms with Gasteiger partial charge in [0.15, 0.2) is 0 Å². The SMILES string of the molecule is CCN(CC)S(=O)(=O)c1cccc(C(=O)N2CCN(c3nccn3C)CC2)c1.